The molecule has 0 unspecified atom stereocenters. The van der Waals surface area contributed by atoms with Crippen molar-refractivity contribution < 1.29 is 4.79 Å². The maximum absolute atomic E-state index is 12.8. The molecule has 1 atom stereocenters. The highest BCUT2D eigenvalue weighted by atomic mass is 32.1. The standard InChI is InChI=1S/C17H25N5OS/c1-13-16(24-12-19-13)11-22(10-15-5-6-18-7-15)17(23)4-3-14-8-20-21(2)9-14/h8-9,12,15,18H,3-7,10-11H2,1-2H3/t15-/m1/s1. The second-order valence-electron chi connectivity index (χ2n) is 6.52. The molecule has 0 aliphatic carbocycles. The minimum atomic E-state index is 0.221. The van der Waals surface area contributed by atoms with E-state index < -0.39 is 0 Å². The van der Waals surface area contributed by atoms with Gasteiger partial charge in [-0.15, -0.1) is 11.3 Å². The van der Waals surface area contributed by atoms with E-state index in [2.05, 4.69) is 15.4 Å². The first-order chi connectivity index (χ1) is 11.6. The zero-order valence-electron chi connectivity index (χ0n) is 14.4. The molecule has 1 amide bonds. The van der Waals surface area contributed by atoms with Gasteiger partial charge in [-0.1, -0.05) is 0 Å². The molecule has 1 N–H and O–H groups in total. The second kappa shape index (κ2) is 7.90. The zero-order chi connectivity index (χ0) is 16.9. The fourth-order valence-corrected chi connectivity index (χ4v) is 3.89. The van der Waals surface area contributed by atoms with Crippen molar-refractivity contribution >= 4 is 17.2 Å². The smallest absolute Gasteiger partial charge is 0.223 e. The summed E-state index contributed by atoms with van der Waals surface area (Å²) in [5, 5.41) is 7.56. The summed E-state index contributed by atoms with van der Waals surface area (Å²) in [6.45, 7) is 5.59. The Morgan fingerprint density at radius 1 is 1.54 bits per heavy atom. The average molecular weight is 347 g/mol. The van der Waals surface area contributed by atoms with Crippen LogP contribution in [-0.2, 0) is 24.8 Å². The molecule has 1 fully saturated rings. The number of amides is 1. The molecule has 0 spiro atoms. The van der Waals surface area contributed by atoms with Gasteiger partial charge < -0.3 is 10.2 Å². The molecular weight excluding hydrogens is 322 g/mol. The Bertz CT molecular complexity index is 674. The van der Waals surface area contributed by atoms with E-state index in [1.54, 1.807) is 16.0 Å². The third kappa shape index (κ3) is 4.42. The van der Waals surface area contributed by atoms with Crippen LogP contribution in [0.25, 0.3) is 0 Å². The van der Waals surface area contributed by atoms with E-state index in [-0.39, 0.29) is 5.91 Å². The van der Waals surface area contributed by atoms with Crippen LogP contribution in [0.2, 0.25) is 0 Å². The van der Waals surface area contributed by atoms with Crippen molar-refractivity contribution in [3.05, 3.63) is 34.0 Å². The Morgan fingerprint density at radius 3 is 3.04 bits per heavy atom. The Labute approximate surface area is 146 Å². The van der Waals surface area contributed by atoms with E-state index in [1.807, 2.05) is 36.8 Å². The van der Waals surface area contributed by atoms with Gasteiger partial charge in [-0.2, -0.15) is 5.10 Å². The Balaban J connectivity index is 1.63. The van der Waals surface area contributed by atoms with Crippen LogP contribution in [0.15, 0.2) is 17.9 Å². The summed E-state index contributed by atoms with van der Waals surface area (Å²) in [6, 6.07) is 0. The van der Waals surface area contributed by atoms with E-state index >= 15 is 0 Å². The van der Waals surface area contributed by atoms with Crippen molar-refractivity contribution in [1.29, 1.82) is 0 Å². The summed E-state index contributed by atoms with van der Waals surface area (Å²) < 4.78 is 1.78. The lowest BCUT2D eigenvalue weighted by atomic mass is 10.1. The highest BCUT2D eigenvalue weighted by Gasteiger charge is 2.23. The van der Waals surface area contributed by atoms with Crippen LogP contribution in [0.5, 0.6) is 0 Å². The van der Waals surface area contributed by atoms with E-state index in [1.165, 1.54) is 4.88 Å². The highest BCUT2D eigenvalue weighted by molar-refractivity contribution is 7.09. The van der Waals surface area contributed by atoms with Crippen LogP contribution in [0, 0.1) is 12.8 Å². The zero-order valence-corrected chi connectivity index (χ0v) is 15.2. The van der Waals surface area contributed by atoms with Crippen LogP contribution < -0.4 is 5.32 Å². The molecule has 130 valence electrons. The van der Waals surface area contributed by atoms with Gasteiger partial charge in [0.05, 0.1) is 23.9 Å². The molecule has 1 saturated heterocycles. The minimum Gasteiger partial charge on any atom is -0.337 e. The van der Waals surface area contributed by atoms with E-state index in [9.17, 15) is 4.79 Å². The first-order valence-electron chi connectivity index (χ1n) is 8.47. The SMILES string of the molecule is Cc1ncsc1CN(C[C@@H]1CCNC1)C(=O)CCc1cnn(C)c1. The van der Waals surface area contributed by atoms with Gasteiger partial charge in [0.25, 0.3) is 0 Å². The molecule has 0 bridgehead atoms. The fourth-order valence-electron chi connectivity index (χ4n) is 3.10. The lowest BCUT2D eigenvalue weighted by Gasteiger charge is -2.25. The molecule has 6 nitrogen and oxygen atoms in total. The summed E-state index contributed by atoms with van der Waals surface area (Å²) in [5.74, 6) is 0.777. The molecule has 2 aromatic rings. The Kier molecular flexibility index (Phi) is 5.63. The lowest BCUT2D eigenvalue weighted by Crippen LogP contribution is -2.35. The number of rotatable bonds is 7. The van der Waals surface area contributed by atoms with Crippen LogP contribution in [0.1, 0.15) is 29.0 Å². The Hall–Kier alpha value is -1.73. The summed E-state index contributed by atoms with van der Waals surface area (Å²) in [7, 11) is 1.90. The number of aromatic nitrogens is 3. The van der Waals surface area contributed by atoms with Gasteiger partial charge in [-0.3, -0.25) is 9.48 Å². The molecule has 2 aromatic heterocycles. The molecule has 7 heteroatoms. The molecular formula is C17H25N5OS. The summed E-state index contributed by atoms with van der Waals surface area (Å²) >= 11 is 1.64. The van der Waals surface area contributed by atoms with Gasteiger partial charge in [0.15, 0.2) is 0 Å². The van der Waals surface area contributed by atoms with Gasteiger partial charge in [-0.05, 0) is 44.3 Å². The molecule has 3 rings (SSSR count). The van der Waals surface area contributed by atoms with E-state index in [0.717, 1.165) is 43.7 Å². The monoisotopic (exact) mass is 347 g/mol. The number of hydrogen-bond acceptors (Lipinski definition) is 5. The van der Waals surface area contributed by atoms with Gasteiger partial charge in [-0.25, -0.2) is 4.98 Å². The topological polar surface area (TPSA) is 63.1 Å². The van der Waals surface area contributed by atoms with E-state index in [0.29, 0.717) is 18.9 Å². The number of carbonyl (C=O) groups is 1. The van der Waals surface area contributed by atoms with Crippen molar-refractivity contribution in [2.24, 2.45) is 13.0 Å². The minimum absolute atomic E-state index is 0.221. The number of nitrogens with one attached hydrogen (secondary N) is 1. The van der Waals surface area contributed by atoms with Crippen LogP contribution >= 0.6 is 11.3 Å². The first-order valence-corrected chi connectivity index (χ1v) is 9.34. The number of nitrogens with zero attached hydrogens (tertiary/aromatic N) is 4. The number of hydrogen-bond donors (Lipinski definition) is 1. The molecule has 0 aromatic carbocycles. The summed E-state index contributed by atoms with van der Waals surface area (Å²) in [6.07, 6.45) is 6.24. The molecule has 0 saturated carbocycles. The Morgan fingerprint density at radius 2 is 2.42 bits per heavy atom. The molecule has 24 heavy (non-hydrogen) atoms. The van der Waals surface area contributed by atoms with Gasteiger partial charge in [0.1, 0.15) is 0 Å². The molecule has 3 heterocycles. The highest BCUT2D eigenvalue weighted by Crippen LogP contribution is 2.19. The second-order valence-corrected chi connectivity index (χ2v) is 7.46. The fraction of sp³-hybridized carbons (Fsp3) is 0.588. The van der Waals surface area contributed by atoms with Gasteiger partial charge >= 0.3 is 0 Å². The molecule has 1 aliphatic heterocycles. The van der Waals surface area contributed by atoms with Crippen molar-refractivity contribution in [3.63, 3.8) is 0 Å². The van der Waals surface area contributed by atoms with Crippen LogP contribution in [-0.4, -0.2) is 45.2 Å². The van der Waals surface area contributed by atoms with Crippen molar-refractivity contribution in [2.75, 3.05) is 19.6 Å². The molecule has 0 radical (unpaired) electrons. The quantitative estimate of drug-likeness (QED) is 0.829. The molecule has 1 aliphatic rings. The average Bonchev–Trinajstić information content (AvgIpc) is 3.29. The van der Waals surface area contributed by atoms with Crippen molar-refractivity contribution in [3.8, 4) is 0 Å². The first kappa shape index (κ1) is 17.1. The van der Waals surface area contributed by atoms with Crippen molar-refractivity contribution in [2.45, 2.75) is 32.7 Å². The predicted octanol–water partition coefficient (Wildman–Crippen LogP) is 1.76. The van der Waals surface area contributed by atoms with Crippen LogP contribution in [0.4, 0.5) is 0 Å². The number of aryl methyl sites for hydroxylation is 3. The van der Waals surface area contributed by atoms with Crippen molar-refractivity contribution in [1.82, 2.24) is 25.0 Å². The lowest BCUT2D eigenvalue weighted by molar-refractivity contribution is -0.132. The summed E-state index contributed by atoms with van der Waals surface area (Å²) in [4.78, 5) is 20.3. The maximum atomic E-state index is 12.8. The number of thiazole rings is 1. The normalized spacial score (nSPS) is 17.3. The summed E-state index contributed by atoms with van der Waals surface area (Å²) in [5.41, 5.74) is 4.01. The van der Waals surface area contributed by atoms with Crippen LogP contribution in [0.3, 0.4) is 0 Å². The van der Waals surface area contributed by atoms with Gasteiger partial charge in [0.2, 0.25) is 5.91 Å². The maximum Gasteiger partial charge on any atom is 0.223 e. The third-order valence-corrected chi connectivity index (χ3v) is 5.48. The van der Waals surface area contributed by atoms with E-state index in [4.69, 9.17) is 0 Å². The van der Waals surface area contributed by atoms with Gasteiger partial charge in [0, 0.05) is 31.1 Å². The number of carbonyl (C=O) groups excluding carboxylic acids is 1. The largest absolute Gasteiger partial charge is 0.337 e. The predicted molar refractivity (Wildman–Crippen MR) is 94.8 cm³/mol. The third-order valence-electron chi connectivity index (χ3n) is 4.56.